The molecule has 1 fully saturated rings. The average molecular weight is 310 g/mol. The number of ether oxygens (including phenoxy) is 1. The Hall–Kier alpha value is -2.20. The van der Waals surface area contributed by atoms with Crippen molar-refractivity contribution < 1.29 is 9.13 Å². The van der Waals surface area contributed by atoms with E-state index < -0.39 is 0 Å². The summed E-state index contributed by atoms with van der Waals surface area (Å²) in [5.74, 6) is -0.222. The quantitative estimate of drug-likeness (QED) is 0.716. The first-order chi connectivity index (χ1) is 11.3. The van der Waals surface area contributed by atoms with Crippen molar-refractivity contribution in [1.82, 2.24) is 9.55 Å². The van der Waals surface area contributed by atoms with Gasteiger partial charge in [0.15, 0.2) is 0 Å². The van der Waals surface area contributed by atoms with Crippen LogP contribution in [0.25, 0.3) is 22.2 Å². The Bertz CT molecular complexity index is 804. The van der Waals surface area contributed by atoms with Crippen molar-refractivity contribution in [3.8, 4) is 11.1 Å². The lowest BCUT2D eigenvalue weighted by Gasteiger charge is -2.23. The number of aromatic nitrogens is 2. The Morgan fingerprint density at radius 3 is 2.78 bits per heavy atom. The topological polar surface area (TPSA) is 27.1 Å². The lowest BCUT2D eigenvalue weighted by Crippen LogP contribution is -2.24. The second-order valence-electron chi connectivity index (χ2n) is 6.09. The number of nitrogens with zero attached hydrogens (tertiary/aromatic N) is 2. The molecule has 23 heavy (non-hydrogen) atoms. The van der Waals surface area contributed by atoms with Crippen LogP contribution in [0, 0.1) is 5.82 Å². The van der Waals surface area contributed by atoms with Crippen LogP contribution in [0.2, 0.25) is 0 Å². The van der Waals surface area contributed by atoms with E-state index in [1.807, 2.05) is 12.3 Å². The third-order valence-corrected chi connectivity index (χ3v) is 4.47. The van der Waals surface area contributed by atoms with Crippen LogP contribution in [0.15, 0.2) is 48.8 Å². The largest absolute Gasteiger partial charge is 0.376 e. The highest BCUT2D eigenvalue weighted by Gasteiger charge is 2.15. The van der Waals surface area contributed by atoms with Crippen LogP contribution in [0.4, 0.5) is 4.39 Å². The number of hydrogen-bond donors (Lipinski definition) is 0. The summed E-state index contributed by atoms with van der Waals surface area (Å²) < 4.78 is 21.2. The first kappa shape index (κ1) is 14.4. The van der Waals surface area contributed by atoms with Gasteiger partial charge in [0.25, 0.3) is 0 Å². The molecule has 1 aliphatic rings. The van der Waals surface area contributed by atoms with Gasteiger partial charge >= 0.3 is 0 Å². The van der Waals surface area contributed by atoms with Crippen molar-refractivity contribution in [2.24, 2.45) is 0 Å². The van der Waals surface area contributed by atoms with E-state index in [-0.39, 0.29) is 11.9 Å². The Morgan fingerprint density at radius 1 is 1.13 bits per heavy atom. The zero-order chi connectivity index (χ0) is 15.6. The Kier molecular flexibility index (Phi) is 3.83. The molecule has 3 heterocycles. The van der Waals surface area contributed by atoms with E-state index in [0.29, 0.717) is 0 Å². The summed E-state index contributed by atoms with van der Waals surface area (Å²) >= 11 is 0. The van der Waals surface area contributed by atoms with Crippen LogP contribution in [0.5, 0.6) is 0 Å². The summed E-state index contributed by atoms with van der Waals surface area (Å²) in [7, 11) is 0. The highest BCUT2D eigenvalue weighted by molar-refractivity contribution is 5.81. The number of halogens is 1. The monoisotopic (exact) mass is 310 g/mol. The summed E-state index contributed by atoms with van der Waals surface area (Å²) in [5, 5.41) is 0. The summed E-state index contributed by atoms with van der Waals surface area (Å²) in [5.41, 5.74) is 4.05. The highest BCUT2D eigenvalue weighted by Crippen LogP contribution is 2.25. The maximum atomic E-state index is 13.1. The third-order valence-electron chi connectivity index (χ3n) is 4.47. The minimum atomic E-state index is -0.222. The molecule has 4 heteroatoms. The van der Waals surface area contributed by atoms with Gasteiger partial charge in [-0.1, -0.05) is 12.1 Å². The maximum Gasteiger partial charge on any atom is 0.123 e. The van der Waals surface area contributed by atoms with Gasteiger partial charge in [-0.3, -0.25) is 4.98 Å². The molecule has 0 N–H and O–H groups in total. The smallest absolute Gasteiger partial charge is 0.123 e. The van der Waals surface area contributed by atoms with Gasteiger partial charge in [-0.05, 0) is 49.1 Å². The number of hydrogen-bond acceptors (Lipinski definition) is 2. The molecule has 1 aromatic carbocycles. The molecule has 118 valence electrons. The molecule has 0 spiro atoms. The minimum absolute atomic E-state index is 0.222. The van der Waals surface area contributed by atoms with E-state index in [0.717, 1.165) is 41.7 Å². The van der Waals surface area contributed by atoms with Crippen molar-refractivity contribution in [2.75, 3.05) is 6.61 Å². The van der Waals surface area contributed by atoms with Gasteiger partial charge in [-0.2, -0.15) is 0 Å². The summed E-state index contributed by atoms with van der Waals surface area (Å²) in [6.45, 7) is 1.72. The van der Waals surface area contributed by atoms with Crippen LogP contribution < -0.4 is 0 Å². The predicted octanol–water partition coefficient (Wildman–Crippen LogP) is 4.41. The fourth-order valence-corrected chi connectivity index (χ4v) is 3.19. The molecule has 1 saturated heterocycles. The number of benzene rings is 1. The highest BCUT2D eigenvalue weighted by atomic mass is 19.1. The normalized spacial score (nSPS) is 18.4. The van der Waals surface area contributed by atoms with Gasteiger partial charge in [0.2, 0.25) is 0 Å². The zero-order valence-corrected chi connectivity index (χ0v) is 12.9. The molecule has 0 saturated carbocycles. The SMILES string of the molecule is Fc1ccc(-c2cnc3ccn(CC4CCCCO4)c3c2)cc1. The number of rotatable bonds is 3. The fourth-order valence-electron chi connectivity index (χ4n) is 3.19. The number of fused-ring (bicyclic) bond motifs is 1. The zero-order valence-electron chi connectivity index (χ0n) is 12.9. The van der Waals surface area contributed by atoms with Crippen molar-refractivity contribution in [1.29, 1.82) is 0 Å². The Balaban J connectivity index is 1.66. The first-order valence-electron chi connectivity index (χ1n) is 8.12. The molecular weight excluding hydrogens is 291 g/mol. The molecular formula is C19H19FN2O. The van der Waals surface area contributed by atoms with Gasteiger partial charge in [0.05, 0.1) is 17.1 Å². The maximum absolute atomic E-state index is 13.1. The van der Waals surface area contributed by atoms with Gasteiger partial charge < -0.3 is 9.30 Å². The molecule has 1 unspecified atom stereocenters. The second-order valence-corrected chi connectivity index (χ2v) is 6.09. The van der Waals surface area contributed by atoms with Crippen LogP contribution in [-0.2, 0) is 11.3 Å². The lowest BCUT2D eigenvalue weighted by molar-refractivity contribution is 0.00670. The van der Waals surface area contributed by atoms with Crippen LogP contribution in [0.1, 0.15) is 19.3 Å². The minimum Gasteiger partial charge on any atom is -0.376 e. The molecule has 0 radical (unpaired) electrons. The summed E-state index contributed by atoms with van der Waals surface area (Å²) in [4.78, 5) is 4.54. The van der Waals surface area contributed by atoms with Gasteiger partial charge in [-0.25, -0.2) is 4.39 Å². The van der Waals surface area contributed by atoms with Crippen LogP contribution in [-0.4, -0.2) is 22.3 Å². The van der Waals surface area contributed by atoms with Gasteiger partial charge in [-0.15, -0.1) is 0 Å². The summed E-state index contributed by atoms with van der Waals surface area (Å²) in [6, 6.07) is 10.7. The molecule has 1 atom stereocenters. The van der Waals surface area contributed by atoms with E-state index in [2.05, 4.69) is 21.8 Å². The fraction of sp³-hybridized carbons (Fsp3) is 0.316. The first-order valence-corrected chi connectivity index (χ1v) is 8.12. The van der Waals surface area contributed by atoms with E-state index >= 15 is 0 Å². The molecule has 2 aromatic heterocycles. The number of pyridine rings is 1. The van der Waals surface area contributed by atoms with Crippen molar-refractivity contribution in [2.45, 2.75) is 31.9 Å². The molecule has 3 aromatic rings. The van der Waals surface area contributed by atoms with E-state index in [1.54, 1.807) is 12.1 Å². The van der Waals surface area contributed by atoms with Gasteiger partial charge in [0.1, 0.15) is 5.82 Å². The average Bonchev–Trinajstić information content (AvgIpc) is 2.99. The Morgan fingerprint density at radius 2 is 2.00 bits per heavy atom. The van der Waals surface area contributed by atoms with Crippen LogP contribution >= 0.6 is 0 Å². The standard InChI is InChI=1S/C19H19FN2O/c20-16-6-4-14(5-7-16)15-11-19-18(21-12-15)8-9-22(19)13-17-3-1-2-10-23-17/h4-9,11-12,17H,1-3,10,13H2. The van der Waals surface area contributed by atoms with Crippen molar-refractivity contribution in [3.63, 3.8) is 0 Å². The van der Waals surface area contributed by atoms with Crippen molar-refractivity contribution >= 4 is 11.0 Å². The molecule has 1 aliphatic heterocycles. The molecule has 0 aliphatic carbocycles. The molecule has 0 amide bonds. The van der Waals surface area contributed by atoms with Gasteiger partial charge in [0, 0.05) is 31.1 Å². The van der Waals surface area contributed by atoms with Crippen LogP contribution in [0.3, 0.4) is 0 Å². The molecule has 0 bridgehead atoms. The molecule has 3 nitrogen and oxygen atoms in total. The second kappa shape index (κ2) is 6.13. The lowest BCUT2D eigenvalue weighted by atomic mass is 10.1. The van der Waals surface area contributed by atoms with Crippen molar-refractivity contribution in [3.05, 3.63) is 54.6 Å². The Labute approximate surface area is 134 Å². The molecule has 4 rings (SSSR count). The third kappa shape index (κ3) is 2.99. The summed E-state index contributed by atoms with van der Waals surface area (Å²) in [6.07, 6.45) is 7.72. The van der Waals surface area contributed by atoms with E-state index in [9.17, 15) is 4.39 Å². The van der Waals surface area contributed by atoms with E-state index in [4.69, 9.17) is 4.74 Å². The predicted molar refractivity (Wildman–Crippen MR) is 88.7 cm³/mol. The van der Waals surface area contributed by atoms with E-state index in [1.165, 1.54) is 25.0 Å².